The molecule has 10 heteroatoms. The number of nitrogens with one attached hydrogen (secondary N) is 1. The van der Waals surface area contributed by atoms with Crippen LogP contribution in [0.15, 0.2) is 36.4 Å². The highest BCUT2D eigenvalue weighted by atomic mass is 35.5. The van der Waals surface area contributed by atoms with E-state index in [1.165, 1.54) is 18.2 Å². The van der Waals surface area contributed by atoms with Crippen molar-refractivity contribution < 1.29 is 22.3 Å². The quantitative estimate of drug-likeness (QED) is 0.285. The number of hydrogen-bond acceptors (Lipinski definition) is 3. The number of hydrogen-bond donors (Lipinski definition) is 1. The lowest BCUT2D eigenvalue weighted by molar-refractivity contribution is -0.142. The number of rotatable bonds is 8. The first-order chi connectivity index (χ1) is 16.1. The van der Waals surface area contributed by atoms with Gasteiger partial charge in [0.1, 0.15) is 17.5 Å². The Bertz CT molecular complexity index is 1130. The number of piperidine rings is 1. The molecule has 2 aromatic carbocycles. The first-order valence-corrected chi connectivity index (χ1v) is 11.8. The molecule has 1 N–H and O–H groups in total. The van der Waals surface area contributed by atoms with Crippen molar-refractivity contribution in [3.05, 3.63) is 63.5 Å². The summed E-state index contributed by atoms with van der Waals surface area (Å²) in [5, 5.41) is 8.14. The average molecular weight is 518 g/mol. The minimum Gasteiger partial charge on any atom is -0.381 e. The number of benzene rings is 2. The Morgan fingerprint density at radius 3 is 2.47 bits per heavy atom. The van der Waals surface area contributed by atoms with Crippen molar-refractivity contribution in [2.75, 3.05) is 26.3 Å². The lowest BCUT2D eigenvalue weighted by atomic mass is 9.75. The normalized spacial score (nSPS) is 16.3. The highest BCUT2D eigenvalue weighted by Crippen LogP contribution is 2.34. The van der Waals surface area contributed by atoms with Crippen molar-refractivity contribution in [3.8, 4) is 0 Å². The van der Waals surface area contributed by atoms with Gasteiger partial charge >= 0.3 is 6.18 Å². The van der Waals surface area contributed by atoms with Gasteiger partial charge in [-0.25, -0.2) is 9.07 Å². The first-order valence-electron chi connectivity index (χ1n) is 11.1. The molecule has 2 heterocycles. The van der Waals surface area contributed by atoms with Gasteiger partial charge < -0.3 is 10.1 Å². The zero-order valence-electron chi connectivity index (χ0n) is 18.4. The van der Waals surface area contributed by atoms with Gasteiger partial charge in [0.05, 0.1) is 18.7 Å². The molecule has 1 aliphatic heterocycles. The summed E-state index contributed by atoms with van der Waals surface area (Å²) in [6, 6.07) is 9.77. The van der Waals surface area contributed by atoms with Crippen molar-refractivity contribution >= 4 is 34.1 Å². The predicted molar refractivity (Wildman–Crippen MR) is 125 cm³/mol. The second-order valence-electron chi connectivity index (χ2n) is 8.88. The predicted octanol–water partition coefficient (Wildman–Crippen LogP) is 6.22. The van der Waals surface area contributed by atoms with E-state index in [0.717, 1.165) is 42.6 Å². The maximum Gasteiger partial charge on any atom is 0.408 e. The number of alkyl halides is 3. The molecule has 1 saturated heterocycles. The summed E-state index contributed by atoms with van der Waals surface area (Å²) in [4.78, 5) is 0. The van der Waals surface area contributed by atoms with Gasteiger partial charge in [-0.05, 0) is 74.2 Å². The molecule has 0 unspecified atom stereocenters. The van der Waals surface area contributed by atoms with E-state index in [0.29, 0.717) is 41.1 Å². The van der Waals surface area contributed by atoms with Crippen LogP contribution in [-0.2, 0) is 24.1 Å². The molecule has 0 bridgehead atoms. The van der Waals surface area contributed by atoms with Crippen LogP contribution < -0.4 is 5.32 Å². The molecule has 4 nitrogen and oxygen atoms in total. The summed E-state index contributed by atoms with van der Waals surface area (Å²) in [5.74, 6) is -0.259. The Morgan fingerprint density at radius 1 is 1.09 bits per heavy atom. The van der Waals surface area contributed by atoms with Crippen LogP contribution in [0.1, 0.15) is 24.0 Å². The molecule has 0 atom stereocenters. The van der Waals surface area contributed by atoms with Gasteiger partial charge in [-0.1, -0.05) is 35.3 Å². The zero-order chi connectivity index (χ0) is 24.3. The summed E-state index contributed by atoms with van der Waals surface area (Å²) in [6.45, 7) is 1.38. The molecule has 4 rings (SSSR count). The molecular weight excluding hydrogens is 493 g/mol. The van der Waals surface area contributed by atoms with Crippen molar-refractivity contribution in [1.29, 1.82) is 0 Å². The van der Waals surface area contributed by atoms with Crippen molar-refractivity contribution in [3.63, 3.8) is 0 Å². The highest BCUT2D eigenvalue weighted by Gasteiger charge is 2.33. The maximum absolute atomic E-state index is 13.3. The van der Waals surface area contributed by atoms with Crippen LogP contribution in [0, 0.1) is 11.2 Å². The SMILES string of the molecule is Fc1ccc(CC2(COCCc3cc(Cl)cc4c(Cl)n(CC(F)(F)F)nc34)CCNCC2)cc1. The Balaban J connectivity index is 1.45. The highest BCUT2D eigenvalue weighted by molar-refractivity contribution is 6.36. The fraction of sp³-hybridized carbons (Fsp3) is 0.458. The van der Waals surface area contributed by atoms with Crippen molar-refractivity contribution in [2.45, 2.75) is 38.4 Å². The third-order valence-electron chi connectivity index (χ3n) is 6.23. The number of aromatic nitrogens is 2. The maximum atomic E-state index is 13.3. The minimum atomic E-state index is -4.44. The fourth-order valence-electron chi connectivity index (χ4n) is 4.54. The Hall–Kier alpha value is -1.87. The monoisotopic (exact) mass is 517 g/mol. The van der Waals surface area contributed by atoms with Gasteiger partial charge in [0.25, 0.3) is 0 Å². The molecule has 1 aliphatic rings. The molecule has 34 heavy (non-hydrogen) atoms. The summed E-state index contributed by atoms with van der Waals surface area (Å²) in [6.07, 6.45) is -1.35. The van der Waals surface area contributed by atoms with E-state index in [1.54, 1.807) is 6.07 Å². The van der Waals surface area contributed by atoms with Crippen molar-refractivity contribution in [2.24, 2.45) is 5.41 Å². The summed E-state index contributed by atoms with van der Waals surface area (Å²) in [7, 11) is 0. The van der Waals surface area contributed by atoms with E-state index in [1.807, 2.05) is 12.1 Å². The summed E-state index contributed by atoms with van der Waals surface area (Å²) < 4.78 is 58.8. The molecule has 0 spiro atoms. The smallest absolute Gasteiger partial charge is 0.381 e. The van der Waals surface area contributed by atoms with E-state index < -0.39 is 12.7 Å². The van der Waals surface area contributed by atoms with E-state index >= 15 is 0 Å². The van der Waals surface area contributed by atoms with E-state index in [-0.39, 0.29) is 16.4 Å². The third kappa shape index (κ3) is 6.22. The molecule has 0 radical (unpaired) electrons. The van der Waals surface area contributed by atoms with Gasteiger partial charge in [0.15, 0.2) is 0 Å². The molecule has 0 aliphatic carbocycles. The molecule has 0 amide bonds. The van der Waals surface area contributed by atoms with E-state index in [4.69, 9.17) is 27.9 Å². The lowest BCUT2D eigenvalue weighted by Gasteiger charge is -2.37. The molecule has 1 fully saturated rings. The van der Waals surface area contributed by atoms with Crippen LogP contribution in [-0.4, -0.2) is 42.3 Å². The van der Waals surface area contributed by atoms with Crippen LogP contribution in [0.5, 0.6) is 0 Å². The number of fused-ring (bicyclic) bond motifs is 1. The topological polar surface area (TPSA) is 39.1 Å². The number of nitrogens with zero attached hydrogens (tertiary/aromatic N) is 2. The first kappa shape index (κ1) is 25.2. The average Bonchev–Trinajstić information content (AvgIpc) is 3.07. The Labute approximate surface area is 205 Å². The lowest BCUT2D eigenvalue weighted by Crippen LogP contribution is -2.41. The zero-order valence-corrected chi connectivity index (χ0v) is 19.9. The third-order valence-corrected chi connectivity index (χ3v) is 6.85. The fourth-order valence-corrected chi connectivity index (χ4v) is 5.02. The van der Waals surface area contributed by atoms with Crippen LogP contribution in [0.2, 0.25) is 10.2 Å². The minimum absolute atomic E-state index is 0.0652. The summed E-state index contributed by atoms with van der Waals surface area (Å²) in [5.41, 5.74) is 2.08. The van der Waals surface area contributed by atoms with Gasteiger partial charge in [-0.2, -0.15) is 18.3 Å². The summed E-state index contributed by atoms with van der Waals surface area (Å²) >= 11 is 12.4. The van der Waals surface area contributed by atoms with Gasteiger partial charge in [-0.15, -0.1) is 0 Å². The Kier molecular flexibility index (Phi) is 7.72. The Morgan fingerprint density at radius 2 is 1.79 bits per heavy atom. The van der Waals surface area contributed by atoms with Crippen molar-refractivity contribution in [1.82, 2.24) is 15.1 Å². The molecule has 0 saturated carbocycles. The van der Waals surface area contributed by atoms with E-state index in [9.17, 15) is 17.6 Å². The van der Waals surface area contributed by atoms with Crippen LogP contribution in [0.4, 0.5) is 17.6 Å². The number of halogens is 6. The second-order valence-corrected chi connectivity index (χ2v) is 9.67. The van der Waals surface area contributed by atoms with Gasteiger partial charge in [0, 0.05) is 15.8 Å². The molecular formula is C24H25Cl2F4N3O. The second kappa shape index (κ2) is 10.4. The largest absolute Gasteiger partial charge is 0.408 e. The molecule has 184 valence electrons. The van der Waals surface area contributed by atoms with Gasteiger partial charge in [0.2, 0.25) is 0 Å². The molecule has 3 aromatic rings. The van der Waals surface area contributed by atoms with Crippen LogP contribution in [0.3, 0.4) is 0 Å². The molecule has 1 aromatic heterocycles. The van der Waals surface area contributed by atoms with Crippen LogP contribution in [0.25, 0.3) is 10.9 Å². The van der Waals surface area contributed by atoms with Crippen LogP contribution >= 0.6 is 23.2 Å². The van der Waals surface area contributed by atoms with E-state index in [2.05, 4.69) is 10.4 Å². The van der Waals surface area contributed by atoms with Gasteiger partial charge in [-0.3, -0.25) is 0 Å². The standard InChI is InChI=1S/C24H25Cl2F4N3O/c25-18-11-17(21-20(12-18)22(26)33(32-21)14-24(28,29)30)5-10-34-15-23(6-8-31-9-7-23)13-16-1-3-19(27)4-2-16/h1-4,11-12,31H,5-10,13-15H2. The number of ether oxygens (including phenoxy) is 1.